The van der Waals surface area contributed by atoms with Crippen molar-refractivity contribution in [2.45, 2.75) is 19.3 Å². The fourth-order valence-electron chi connectivity index (χ4n) is 3.96. The minimum Gasteiger partial charge on any atom is -0.395 e. The number of rotatable bonds is 15. The number of unbranched alkanes of at least 4 members (excludes halogenated alkanes) is 1. The molecule has 10 heteroatoms. The monoisotopic (exact) mass is 528 g/mol. The Morgan fingerprint density at radius 2 is 1.64 bits per heavy atom. The first-order valence-electron chi connectivity index (χ1n) is 13.3. The van der Waals surface area contributed by atoms with Gasteiger partial charge in [-0.15, -0.1) is 0 Å². The second kappa shape index (κ2) is 15.3. The molecule has 39 heavy (non-hydrogen) atoms. The minimum absolute atomic E-state index is 0.146. The number of nitrogens with zero attached hydrogens (tertiary/aromatic N) is 3. The fourth-order valence-corrected chi connectivity index (χ4v) is 3.96. The molecule has 0 atom stereocenters. The van der Waals surface area contributed by atoms with Gasteiger partial charge in [0.25, 0.3) is 0 Å². The molecule has 0 aliphatic heterocycles. The lowest BCUT2D eigenvalue weighted by Crippen LogP contribution is -2.31. The van der Waals surface area contributed by atoms with Gasteiger partial charge in [-0.3, -0.25) is 15.6 Å². The van der Waals surface area contributed by atoms with E-state index in [2.05, 4.69) is 53.7 Å². The van der Waals surface area contributed by atoms with E-state index in [-0.39, 0.29) is 12.6 Å². The third-order valence-electron chi connectivity index (χ3n) is 6.03. The van der Waals surface area contributed by atoms with Crippen LogP contribution in [0.1, 0.15) is 18.4 Å². The molecule has 0 fully saturated rings. The van der Waals surface area contributed by atoms with Crippen molar-refractivity contribution in [2.24, 2.45) is 0 Å². The Balaban J connectivity index is 1.24. The summed E-state index contributed by atoms with van der Waals surface area (Å²) in [4.78, 5) is 26.0. The van der Waals surface area contributed by atoms with Gasteiger partial charge in [0.15, 0.2) is 5.65 Å². The third-order valence-corrected chi connectivity index (χ3v) is 6.03. The quantitative estimate of drug-likeness (QED) is 0.102. The topological polar surface area (TPSA) is 136 Å². The van der Waals surface area contributed by atoms with Crippen molar-refractivity contribution in [3.63, 3.8) is 0 Å². The lowest BCUT2D eigenvalue weighted by Gasteiger charge is -2.10. The first kappa shape index (κ1) is 27.9. The molecule has 2 aromatic heterocycles. The number of hydrogen-bond acceptors (Lipinski definition) is 8. The van der Waals surface area contributed by atoms with E-state index in [4.69, 9.17) is 5.11 Å². The first-order valence-corrected chi connectivity index (χ1v) is 13.3. The number of hydrogen-bond donors (Lipinski definition) is 6. The molecule has 0 aliphatic carbocycles. The van der Waals surface area contributed by atoms with E-state index in [9.17, 15) is 4.79 Å². The lowest BCUT2D eigenvalue weighted by molar-refractivity contribution is 0.252. The van der Waals surface area contributed by atoms with Crippen LogP contribution >= 0.6 is 0 Å². The molecule has 0 unspecified atom stereocenters. The van der Waals surface area contributed by atoms with Crippen LogP contribution in [0, 0.1) is 0 Å². The Bertz CT molecular complexity index is 1300. The van der Waals surface area contributed by atoms with E-state index >= 15 is 0 Å². The molecule has 0 bridgehead atoms. The zero-order chi connectivity index (χ0) is 27.1. The van der Waals surface area contributed by atoms with Crippen molar-refractivity contribution < 1.29 is 9.90 Å². The number of carbonyl (C=O) groups excluding carboxylic acids is 1. The minimum atomic E-state index is -0.287. The van der Waals surface area contributed by atoms with E-state index in [0.29, 0.717) is 42.4 Å². The largest absolute Gasteiger partial charge is 0.395 e. The van der Waals surface area contributed by atoms with E-state index in [1.54, 1.807) is 18.3 Å². The number of amides is 2. The number of carbonyl (C=O) groups is 1. The number of benzene rings is 2. The second-order valence-electron chi connectivity index (χ2n) is 9.02. The average molecular weight is 529 g/mol. The van der Waals surface area contributed by atoms with Crippen LogP contribution in [0.5, 0.6) is 0 Å². The van der Waals surface area contributed by atoms with Crippen molar-refractivity contribution in [1.29, 1.82) is 0 Å². The molecular weight excluding hydrogens is 492 g/mol. The van der Waals surface area contributed by atoms with E-state index in [1.807, 2.05) is 42.5 Å². The van der Waals surface area contributed by atoms with E-state index < -0.39 is 0 Å². The van der Waals surface area contributed by atoms with Gasteiger partial charge in [-0.25, -0.2) is 14.8 Å². The van der Waals surface area contributed by atoms with Crippen LogP contribution in [0.3, 0.4) is 0 Å². The molecule has 10 nitrogen and oxygen atoms in total. The normalized spacial score (nSPS) is 10.9. The molecule has 2 aromatic carbocycles. The Morgan fingerprint density at radius 1 is 0.821 bits per heavy atom. The SMILES string of the molecule is O=C(NCCCCc1ccccc1)Nc1ccc2ncc(-c3ccc(NCNCCNCCO)cc3)nc2n1. The zero-order valence-corrected chi connectivity index (χ0v) is 22.0. The highest BCUT2D eigenvalue weighted by Gasteiger charge is 2.08. The van der Waals surface area contributed by atoms with Gasteiger partial charge in [0.1, 0.15) is 11.3 Å². The van der Waals surface area contributed by atoms with Gasteiger partial charge in [0.2, 0.25) is 0 Å². The van der Waals surface area contributed by atoms with Crippen molar-refractivity contribution in [2.75, 3.05) is 50.1 Å². The van der Waals surface area contributed by atoms with Crippen LogP contribution in [-0.2, 0) is 6.42 Å². The molecule has 6 N–H and O–H groups in total. The summed E-state index contributed by atoms with van der Waals surface area (Å²) in [6.07, 6.45) is 4.63. The van der Waals surface area contributed by atoms with Crippen LogP contribution < -0.4 is 26.6 Å². The highest BCUT2D eigenvalue weighted by Crippen LogP contribution is 2.21. The summed E-state index contributed by atoms with van der Waals surface area (Å²) in [6.45, 7) is 3.58. The molecule has 4 rings (SSSR count). The molecule has 204 valence electrons. The van der Waals surface area contributed by atoms with Gasteiger partial charge in [-0.05, 0) is 49.1 Å². The van der Waals surface area contributed by atoms with Gasteiger partial charge in [-0.1, -0.05) is 42.5 Å². The number of aliphatic hydroxyl groups is 1. The fraction of sp³-hybridized carbons (Fsp3) is 0.310. The molecule has 2 amide bonds. The van der Waals surface area contributed by atoms with Crippen LogP contribution in [0.2, 0.25) is 0 Å². The van der Waals surface area contributed by atoms with Crippen LogP contribution in [-0.4, -0.2) is 65.5 Å². The number of aliphatic hydroxyl groups excluding tert-OH is 1. The maximum absolute atomic E-state index is 12.3. The summed E-state index contributed by atoms with van der Waals surface area (Å²) in [6, 6.07) is 21.5. The predicted molar refractivity (Wildman–Crippen MR) is 156 cm³/mol. The van der Waals surface area contributed by atoms with Gasteiger partial charge in [-0.2, -0.15) is 0 Å². The number of nitrogens with one attached hydrogen (secondary N) is 5. The standard InChI is InChI=1S/C29H36N8O2/c38-19-18-30-16-17-31-21-34-24-11-9-23(10-12-24)26-20-33-25-13-14-27(36-28(25)35-26)37-29(39)32-15-5-4-8-22-6-2-1-3-7-22/h1-3,6-7,9-14,20,30-31,34,38H,4-5,8,15-19,21H2,(H2,32,35,36,37,39). The lowest BCUT2D eigenvalue weighted by atomic mass is 10.1. The highest BCUT2D eigenvalue weighted by atomic mass is 16.3. The molecule has 0 aliphatic rings. The summed E-state index contributed by atoms with van der Waals surface area (Å²) < 4.78 is 0. The Kier molecular flexibility index (Phi) is 11.0. The van der Waals surface area contributed by atoms with Crippen LogP contribution in [0.15, 0.2) is 72.9 Å². The molecule has 0 saturated heterocycles. The van der Waals surface area contributed by atoms with Gasteiger partial charge >= 0.3 is 6.03 Å². The number of urea groups is 1. The molecule has 2 heterocycles. The summed E-state index contributed by atoms with van der Waals surface area (Å²) in [5.74, 6) is 0.425. The number of pyridine rings is 1. The second-order valence-corrected chi connectivity index (χ2v) is 9.02. The van der Waals surface area contributed by atoms with E-state index in [0.717, 1.165) is 43.6 Å². The molecule has 0 spiro atoms. The third kappa shape index (κ3) is 9.29. The average Bonchev–Trinajstić information content (AvgIpc) is 2.97. The van der Waals surface area contributed by atoms with Crippen molar-refractivity contribution in [3.8, 4) is 11.3 Å². The van der Waals surface area contributed by atoms with Gasteiger partial charge in [0.05, 0.1) is 25.2 Å². The van der Waals surface area contributed by atoms with Crippen molar-refractivity contribution in [3.05, 3.63) is 78.5 Å². The maximum Gasteiger partial charge on any atom is 0.320 e. The molecular formula is C29H36N8O2. The molecule has 0 radical (unpaired) electrons. The van der Waals surface area contributed by atoms with Crippen LogP contribution in [0.25, 0.3) is 22.4 Å². The van der Waals surface area contributed by atoms with E-state index in [1.165, 1.54) is 5.56 Å². The van der Waals surface area contributed by atoms with Crippen LogP contribution in [0.4, 0.5) is 16.3 Å². The first-order chi connectivity index (χ1) is 19.2. The molecule has 4 aromatic rings. The zero-order valence-electron chi connectivity index (χ0n) is 22.0. The Labute approximate surface area is 228 Å². The summed E-state index contributed by atoms with van der Waals surface area (Å²) in [5, 5.41) is 24.2. The maximum atomic E-state index is 12.3. The predicted octanol–water partition coefficient (Wildman–Crippen LogP) is 3.38. The summed E-state index contributed by atoms with van der Waals surface area (Å²) in [7, 11) is 0. The highest BCUT2D eigenvalue weighted by molar-refractivity contribution is 5.89. The summed E-state index contributed by atoms with van der Waals surface area (Å²) in [5.41, 5.74) is 5.04. The van der Waals surface area contributed by atoms with Crippen molar-refractivity contribution >= 4 is 28.7 Å². The summed E-state index contributed by atoms with van der Waals surface area (Å²) >= 11 is 0. The number of anilines is 2. The van der Waals surface area contributed by atoms with Gasteiger partial charge in [0, 0.05) is 37.4 Å². The Hall–Kier alpha value is -4.12. The molecule has 0 saturated carbocycles. The Morgan fingerprint density at radius 3 is 2.46 bits per heavy atom. The number of aromatic nitrogens is 3. The number of aryl methyl sites for hydroxylation is 1. The number of fused-ring (bicyclic) bond motifs is 1. The smallest absolute Gasteiger partial charge is 0.320 e. The van der Waals surface area contributed by atoms with Crippen molar-refractivity contribution in [1.82, 2.24) is 30.9 Å². The van der Waals surface area contributed by atoms with Gasteiger partial charge < -0.3 is 21.1 Å².